The van der Waals surface area contributed by atoms with Crippen molar-refractivity contribution >= 4 is 15.9 Å². The quantitative estimate of drug-likeness (QED) is 0.804. The van der Waals surface area contributed by atoms with Gasteiger partial charge in [-0.1, -0.05) is 34.6 Å². The molecule has 13 heavy (non-hydrogen) atoms. The van der Waals surface area contributed by atoms with Crippen molar-refractivity contribution in [1.29, 1.82) is 5.26 Å². The predicted octanol–water partition coefficient (Wildman–Crippen LogP) is 2.56. The molecule has 0 aromatic heterocycles. The van der Waals surface area contributed by atoms with E-state index in [0.717, 1.165) is 4.47 Å². The van der Waals surface area contributed by atoms with E-state index in [0.29, 0.717) is 5.56 Å². The van der Waals surface area contributed by atoms with Gasteiger partial charge in [0.1, 0.15) is 6.10 Å². The number of nitrogens with zero attached hydrogens (tertiary/aromatic N) is 1. The van der Waals surface area contributed by atoms with Gasteiger partial charge in [-0.2, -0.15) is 5.26 Å². The van der Waals surface area contributed by atoms with Crippen LogP contribution in [-0.4, -0.2) is 5.11 Å². The van der Waals surface area contributed by atoms with Gasteiger partial charge in [0.2, 0.25) is 0 Å². The van der Waals surface area contributed by atoms with Crippen LogP contribution in [0.2, 0.25) is 0 Å². The van der Waals surface area contributed by atoms with Gasteiger partial charge in [0.05, 0.1) is 11.6 Å². The summed E-state index contributed by atoms with van der Waals surface area (Å²) in [5.41, 5.74) is 0.831. The minimum Gasteiger partial charge on any atom is -0.383 e. The Bertz CT molecular complexity index is 350. The van der Waals surface area contributed by atoms with E-state index in [1.807, 2.05) is 18.2 Å². The third kappa shape index (κ3) is 2.41. The van der Waals surface area contributed by atoms with E-state index in [4.69, 9.17) is 5.26 Å². The lowest BCUT2D eigenvalue weighted by atomic mass is 10.0. The zero-order valence-corrected chi connectivity index (χ0v) is 8.45. The molecule has 0 bridgehead atoms. The van der Waals surface area contributed by atoms with E-state index in [9.17, 15) is 5.11 Å². The molecule has 0 aliphatic heterocycles. The molecule has 1 aromatic carbocycles. The van der Waals surface area contributed by atoms with Gasteiger partial charge >= 0.3 is 0 Å². The maximum Gasteiger partial charge on any atom is 0.113 e. The minimum atomic E-state index is -0.891. The predicted molar refractivity (Wildman–Crippen MR) is 53.9 cm³/mol. The molecule has 1 aromatic rings. The van der Waals surface area contributed by atoms with Crippen molar-refractivity contribution in [1.82, 2.24) is 0 Å². The van der Waals surface area contributed by atoms with E-state index in [-0.39, 0.29) is 5.57 Å². The molecule has 0 aliphatic carbocycles. The first-order chi connectivity index (χ1) is 6.15. The lowest BCUT2D eigenvalue weighted by Crippen LogP contribution is -1.98. The molecule has 1 rings (SSSR count). The van der Waals surface area contributed by atoms with Crippen LogP contribution in [0.15, 0.2) is 40.9 Å². The number of halogens is 1. The highest BCUT2D eigenvalue weighted by Gasteiger charge is 2.09. The maximum atomic E-state index is 9.54. The maximum absolute atomic E-state index is 9.54. The van der Waals surface area contributed by atoms with Crippen molar-refractivity contribution in [2.75, 3.05) is 0 Å². The third-order valence-electron chi connectivity index (χ3n) is 1.66. The van der Waals surface area contributed by atoms with Crippen LogP contribution < -0.4 is 0 Å². The average molecular weight is 238 g/mol. The largest absolute Gasteiger partial charge is 0.383 e. The number of benzene rings is 1. The average Bonchev–Trinajstić information content (AvgIpc) is 2.17. The first kappa shape index (κ1) is 9.97. The summed E-state index contributed by atoms with van der Waals surface area (Å²) in [5, 5.41) is 18.0. The van der Waals surface area contributed by atoms with Gasteiger partial charge in [0, 0.05) is 4.47 Å². The molecule has 0 spiro atoms. The summed E-state index contributed by atoms with van der Waals surface area (Å²) in [6.45, 7) is 3.45. The lowest BCUT2D eigenvalue weighted by molar-refractivity contribution is 0.221. The second-order valence-corrected chi connectivity index (χ2v) is 3.51. The van der Waals surface area contributed by atoms with Gasteiger partial charge in [-0.05, 0) is 17.7 Å². The Kier molecular flexibility index (Phi) is 3.24. The summed E-state index contributed by atoms with van der Waals surface area (Å²) in [7, 11) is 0. The van der Waals surface area contributed by atoms with Crippen LogP contribution in [0.3, 0.4) is 0 Å². The molecule has 0 unspecified atom stereocenters. The molecule has 0 amide bonds. The van der Waals surface area contributed by atoms with Gasteiger partial charge in [0.25, 0.3) is 0 Å². The van der Waals surface area contributed by atoms with Crippen LogP contribution >= 0.6 is 15.9 Å². The van der Waals surface area contributed by atoms with Gasteiger partial charge in [0.15, 0.2) is 0 Å². The SMILES string of the molecule is C=C(C#N)[C@@H](O)c1ccc(Br)cc1. The molecule has 0 heterocycles. The summed E-state index contributed by atoms with van der Waals surface area (Å²) in [5.74, 6) is 0. The number of rotatable bonds is 2. The Morgan fingerprint density at radius 2 is 2.00 bits per heavy atom. The number of aliphatic hydroxyl groups excluding tert-OH is 1. The zero-order chi connectivity index (χ0) is 9.84. The smallest absolute Gasteiger partial charge is 0.113 e. The van der Waals surface area contributed by atoms with Crippen molar-refractivity contribution in [3.63, 3.8) is 0 Å². The summed E-state index contributed by atoms with van der Waals surface area (Å²) < 4.78 is 0.936. The van der Waals surface area contributed by atoms with Gasteiger partial charge in [-0.15, -0.1) is 0 Å². The van der Waals surface area contributed by atoms with Crippen LogP contribution in [0.4, 0.5) is 0 Å². The van der Waals surface area contributed by atoms with Crippen LogP contribution in [-0.2, 0) is 0 Å². The van der Waals surface area contributed by atoms with Crippen molar-refractivity contribution in [2.45, 2.75) is 6.10 Å². The van der Waals surface area contributed by atoms with Crippen LogP contribution in [0.5, 0.6) is 0 Å². The van der Waals surface area contributed by atoms with E-state index in [2.05, 4.69) is 22.5 Å². The second-order valence-electron chi connectivity index (χ2n) is 2.59. The highest BCUT2D eigenvalue weighted by Crippen LogP contribution is 2.21. The number of hydrogen-bond acceptors (Lipinski definition) is 2. The van der Waals surface area contributed by atoms with Crippen molar-refractivity contribution in [3.8, 4) is 6.07 Å². The van der Waals surface area contributed by atoms with Gasteiger partial charge in [-0.3, -0.25) is 0 Å². The number of hydrogen-bond donors (Lipinski definition) is 1. The third-order valence-corrected chi connectivity index (χ3v) is 2.19. The van der Waals surface area contributed by atoms with Crippen LogP contribution in [0.1, 0.15) is 11.7 Å². The standard InChI is InChI=1S/C10H8BrNO/c1-7(6-12)10(13)8-2-4-9(11)5-3-8/h2-5,10,13H,1H2/t10-/m1/s1. The van der Waals surface area contributed by atoms with Gasteiger partial charge < -0.3 is 5.11 Å². The van der Waals surface area contributed by atoms with Crippen molar-refractivity contribution < 1.29 is 5.11 Å². The molecular formula is C10H8BrNO. The molecule has 2 nitrogen and oxygen atoms in total. The highest BCUT2D eigenvalue weighted by atomic mass is 79.9. The first-order valence-corrected chi connectivity index (χ1v) is 4.47. The molecule has 0 saturated heterocycles. The summed E-state index contributed by atoms with van der Waals surface area (Å²) >= 11 is 3.28. The molecule has 0 saturated carbocycles. The number of aliphatic hydroxyl groups is 1. The lowest BCUT2D eigenvalue weighted by Gasteiger charge is -2.07. The topological polar surface area (TPSA) is 44.0 Å². The fourth-order valence-electron chi connectivity index (χ4n) is 0.907. The van der Waals surface area contributed by atoms with Crippen LogP contribution in [0.25, 0.3) is 0 Å². The summed E-state index contributed by atoms with van der Waals surface area (Å²) in [6.07, 6.45) is -0.891. The Labute approximate surface area is 85.3 Å². The monoisotopic (exact) mass is 237 g/mol. The van der Waals surface area contributed by atoms with Crippen molar-refractivity contribution in [3.05, 3.63) is 46.5 Å². The molecular weight excluding hydrogens is 230 g/mol. The highest BCUT2D eigenvalue weighted by molar-refractivity contribution is 9.10. The molecule has 3 heteroatoms. The zero-order valence-electron chi connectivity index (χ0n) is 6.87. The number of nitriles is 1. The minimum absolute atomic E-state index is 0.155. The van der Waals surface area contributed by atoms with Crippen molar-refractivity contribution in [2.24, 2.45) is 0 Å². The summed E-state index contributed by atoms with van der Waals surface area (Å²) in [6, 6.07) is 8.93. The normalized spacial score (nSPS) is 11.8. The van der Waals surface area contributed by atoms with E-state index in [1.165, 1.54) is 0 Å². The van der Waals surface area contributed by atoms with E-state index < -0.39 is 6.10 Å². The molecule has 0 fully saturated rings. The Hall–Kier alpha value is -1.11. The van der Waals surface area contributed by atoms with E-state index >= 15 is 0 Å². The fourth-order valence-corrected chi connectivity index (χ4v) is 1.17. The Morgan fingerprint density at radius 1 is 1.46 bits per heavy atom. The second kappa shape index (κ2) is 4.22. The molecule has 66 valence electrons. The van der Waals surface area contributed by atoms with E-state index in [1.54, 1.807) is 12.1 Å². The van der Waals surface area contributed by atoms with Gasteiger partial charge in [-0.25, -0.2) is 0 Å². The van der Waals surface area contributed by atoms with Crippen LogP contribution in [0, 0.1) is 11.3 Å². The Balaban J connectivity index is 2.91. The molecule has 1 atom stereocenters. The molecule has 0 aliphatic rings. The molecule has 1 N–H and O–H groups in total. The fraction of sp³-hybridized carbons (Fsp3) is 0.100. The summed E-state index contributed by atoms with van der Waals surface area (Å²) in [4.78, 5) is 0. The molecule has 0 radical (unpaired) electrons. The Morgan fingerprint density at radius 3 is 2.46 bits per heavy atom. The first-order valence-electron chi connectivity index (χ1n) is 3.67.